The van der Waals surface area contributed by atoms with Gasteiger partial charge in [-0.25, -0.2) is 4.68 Å². The number of aromatic nitrogens is 2. The number of aryl methyl sites for hydroxylation is 2. The highest BCUT2D eigenvalue weighted by molar-refractivity contribution is 8.00. The van der Waals surface area contributed by atoms with E-state index in [1.54, 1.807) is 28.0 Å². The second kappa shape index (κ2) is 9.71. The summed E-state index contributed by atoms with van der Waals surface area (Å²) in [6.45, 7) is 12.3. The standard InChI is InChI=1S/C28H34N4O2S2/c1-18-10-11-20(19(2)15-18)32-27-24(26(29-32)28(3,4)5)25(21-9-8-14-35-21)36-17-23(34)31(27)16-22(33)30-12-6-7-13-30/h8-11,14-15,25H,6-7,12-13,16-17H2,1-5H3. The van der Waals surface area contributed by atoms with Gasteiger partial charge >= 0.3 is 0 Å². The third kappa shape index (κ3) is 4.61. The molecule has 1 unspecified atom stereocenters. The first kappa shape index (κ1) is 25.1. The number of hydrogen-bond donors (Lipinski definition) is 0. The van der Waals surface area contributed by atoms with Crippen molar-refractivity contribution in [2.45, 2.75) is 58.1 Å². The van der Waals surface area contributed by atoms with Crippen molar-refractivity contribution < 1.29 is 9.59 Å². The molecule has 3 aromatic rings. The van der Waals surface area contributed by atoms with Crippen molar-refractivity contribution in [3.8, 4) is 5.69 Å². The van der Waals surface area contributed by atoms with E-state index < -0.39 is 0 Å². The molecule has 6 nitrogen and oxygen atoms in total. The van der Waals surface area contributed by atoms with Gasteiger partial charge < -0.3 is 4.90 Å². The number of thiophene rings is 1. The lowest BCUT2D eigenvalue weighted by atomic mass is 9.88. The van der Waals surface area contributed by atoms with Crippen molar-refractivity contribution in [3.63, 3.8) is 0 Å². The fraction of sp³-hybridized carbons (Fsp3) is 0.464. The molecule has 1 saturated heterocycles. The molecular formula is C28H34N4O2S2. The summed E-state index contributed by atoms with van der Waals surface area (Å²) in [7, 11) is 0. The quantitative estimate of drug-likeness (QED) is 0.445. The van der Waals surface area contributed by atoms with Crippen molar-refractivity contribution in [2.75, 3.05) is 30.3 Å². The number of thioether (sulfide) groups is 1. The van der Waals surface area contributed by atoms with Crippen molar-refractivity contribution >= 4 is 40.7 Å². The SMILES string of the molecule is Cc1ccc(-n2nc(C(C)(C)C)c3c2N(CC(=O)N2CCCC2)C(=O)CSC3c2cccs2)c(C)c1. The molecule has 0 bridgehead atoms. The number of nitrogens with zero attached hydrogens (tertiary/aromatic N) is 4. The predicted molar refractivity (Wildman–Crippen MR) is 149 cm³/mol. The molecule has 2 aliphatic heterocycles. The Kier molecular flexibility index (Phi) is 6.76. The van der Waals surface area contributed by atoms with Crippen molar-refractivity contribution in [2.24, 2.45) is 0 Å². The first-order valence-corrected chi connectivity index (χ1v) is 14.5. The average molecular weight is 523 g/mol. The van der Waals surface area contributed by atoms with Gasteiger partial charge in [-0.2, -0.15) is 5.10 Å². The first-order chi connectivity index (χ1) is 17.1. The fourth-order valence-electron chi connectivity index (χ4n) is 5.15. The molecule has 0 aliphatic carbocycles. The number of amides is 2. The number of fused-ring (bicyclic) bond motifs is 1. The molecule has 2 amide bonds. The molecule has 0 spiro atoms. The van der Waals surface area contributed by atoms with Crippen LogP contribution < -0.4 is 4.90 Å². The van der Waals surface area contributed by atoms with E-state index in [1.807, 2.05) is 9.58 Å². The summed E-state index contributed by atoms with van der Waals surface area (Å²) in [6.07, 6.45) is 2.05. The second-order valence-electron chi connectivity index (χ2n) is 10.8. The highest BCUT2D eigenvalue weighted by atomic mass is 32.2. The Morgan fingerprint density at radius 3 is 2.53 bits per heavy atom. The molecule has 36 heavy (non-hydrogen) atoms. The summed E-state index contributed by atoms with van der Waals surface area (Å²) in [5.41, 5.74) is 4.97. The van der Waals surface area contributed by atoms with Gasteiger partial charge in [0.2, 0.25) is 11.8 Å². The molecule has 2 aromatic heterocycles. The van der Waals surface area contributed by atoms with Gasteiger partial charge in [-0.15, -0.1) is 23.1 Å². The van der Waals surface area contributed by atoms with Gasteiger partial charge in [0.05, 0.1) is 22.4 Å². The molecule has 2 aliphatic rings. The topological polar surface area (TPSA) is 58.4 Å². The molecule has 1 atom stereocenters. The minimum absolute atomic E-state index is 0.0112. The van der Waals surface area contributed by atoms with Crippen LogP contribution in [-0.2, 0) is 15.0 Å². The zero-order chi connectivity index (χ0) is 25.6. The van der Waals surface area contributed by atoms with E-state index in [9.17, 15) is 9.59 Å². The van der Waals surface area contributed by atoms with Gasteiger partial charge in [0, 0.05) is 28.9 Å². The molecule has 190 valence electrons. The number of likely N-dealkylation sites (tertiary alicyclic amines) is 1. The highest BCUT2D eigenvalue weighted by Crippen LogP contribution is 2.49. The Balaban J connectivity index is 1.76. The number of hydrogen-bond acceptors (Lipinski definition) is 5. The van der Waals surface area contributed by atoms with Gasteiger partial charge in [-0.1, -0.05) is 44.5 Å². The fourth-order valence-corrected chi connectivity index (χ4v) is 7.33. The van der Waals surface area contributed by atoms with Crippen LogP contribution in [-0.4, -0.2) is 51.9 Å². The molecule has 5 rings (SSSR count). The smallest absolute Gasteiger partial charge is 0.242 e. The Morgan fingerprint density at radius 1 is 1.14 bits per heavy atom. The number of carbonyl (C=O) groups is 2. The van der Waals surface area contributed by atoms with Crippen LogP contribution in [0.4, 0.5) is 5.82 Å². The Bertz CT molecular complexity index is 1280. The monoisotopic (exact) mass is 522 g/mol. The van der Waals surface area contributed by atoms with E-state index in [4.69, 9.17) is 5.10 Å². The largest absolute Gasteiger partial charge is 0.341 e. The molecular weight excluding hydrogens is 488 g/mol. The van der Waals surface area contributed by atoms with Crippen LogP contribution in [0.1, 0.15) is 66.1 Å². The summed E-state index contributed by atoms with van der Waals surface area (Å²) in [5, 5.41) is 7.27. The second-order valence-corrected chi connectivity index (χ2v) is 12.9. The van der Waals surface area contributed by atoms with E-state index in [0.29, 0.717) is 5.75 Å². The van der Waals surface area contributed by atoms with Gasteiger partial charge in [0.1, 0.15) is 12.4 Å². The third-order valence-electron chi connectivity index (χ3n) is 6.93. The average Bonchev–Trinajstić information content (AvgIpc) is 3.57. The predicted octanol–water partition coefficient (Wildman–Crippen LogP) is 5.64. The van der Waals surface area contributed by atoms with Crippen LogP contribution in [0.3, 0.4) is 0 Å². The molecule has 4 heterocycles. The number of rotatable bonds is 4. The van der Waals surface area contributed by atoms with Crippen molar-refractivity contribution in [1.29, 1.82) is 0 Å². The van der Waals surface area contributed by atoms with Gasteiger partial charge in [0.25, 0.3) is 0 Å². The van der Waals surface area contributed by atoms with Crippen LogP contribution in [0.5, 0.6) is 0 Å². The summed E-state index contributed by atoms with van der Waals surface area (Å²) in [4.78, 5) is 31.9. The van der Waals surface area contributed by atoms with E-state index in [0.717, 1.165) is 54.3 Å². The maximum atomic E-state index is 13.7. The lowest BCUT2D eigenvalue weighted by Crippen LogP contribution is -2.43. The third-order valence-corrected chi connectivity index (χ3v) is 9.26. The number of anilines is 1. The lowest BCUT2D eigenvalue weighted by Gasteiger charge is -2.26. The number of carbonyl (C=O) groups excluding carboxylic acids is 2. The van der Waals surface area contributed by atoms with E-state index in [1.165, 1.54) is 10.4 Å². The maximum Gasteiger partial charge on any atom is 0.242 e. The van der Waals surface area contributed by atoms with Crippen LogP contribution >= 0.6 is 23.1 Å². The Hall–Kier alpha value is -2.58. The van der Waals surface area contributed by atoms with E-state index in [2.05, 4.69) is 70.3 Å². The Labute approximate surface area is 221 Å². The zero-order valence-corrected chi connectivity index (χ0v) is 23.3. The van der Waals surface area contributed by atoms with Crippen LogP contribution in [0.25, 0.3) is 5.69 Å². The minimum Gasteiger partial charge on any atom is -0.341 e. The van der Waals surface area contributed by atoms with Gasteiger partial charge in [-0.3, -0.25) is 14.5 Å². The summed E-state index contributed by atoms with van der Waals surface area (Å²) >= 11 is 3.35. The first-order valence-electron chi connectivity index (χ1n) is 12.6. The van der Waals surface area contributed by atoms with E-state index >= 15 is 0 Å². The van der Waals surface area contributed by atoms with E-state index in [-0.39, 0.29) is 29.0 Å². The number of benzene rings is 1. The molecule has 1 aromatic carbocycles. The van der Waals surface area contributed by atoms with Crippen LogP contribution in [0.15, 0.2) is 35.7 Å². The summed E-state index contributed by atoms with van der Waals surface area (Å²) in [6, 6.07) is 10.5. The lowest BCUT2D eigenvalue weighted by molar-refractivity contribution is -0.130. The normalized spacial score (nSPS) is 18.5. The van der Waals surface area contributed by atoms with Crippen LogP contribution in [0.2, 0.25) is 0 Å². The summed E-state index contributed by atoms with van der Waals surface area (Å²) < 4.78 is 1.94. The van der Waals surface area contributed by atoms with Crippen molar-refractivity contribution in [3.05, 3.63) is 63.0 Å². The molecule has 1 fully saturated rings. The van der Waals surface area contributed by atoms with Crippen molar-refractivity contribution in [1.82, 2.24) is 14.7 Å². The Morgan fingerprint density at radius 2 is 1.89 bits per heavy atom. The molecule has 0 saturated carbocycles. The maximum absolute atomic E-state index is 13.7. The minimum atomic E-state index is -0.248. The zero-order valence-electron chi connectivity index (χ0n) is 21.7. The van der Waals surface area contributed by atoms with Crippen LogP contribution in [0, 0.1) is 13.8 Å². The molecule has 0 N–H and O–H groups in total. The molecule has 8 heteroatoms. The van der Waals surface area contributed by atoms with Gasteiger partial charge in [0.15, 0.2) is 0 Å². The highest BCUT2D eigenvalue weighted by Gasteiger charge is 2.40. The summed E-state index contributed by atoms with van der Waals surface area (Å²) in [5.74, 6) is 1.03. The molecule has 0 radical (unpaired) electrons. The van der Waals surface area contributed by atoms with Gasteiger partial charge in [-0.05, 0) is 49.8 Å².